The number of carbonyl (C=O) groups is 1. The van der Waals surface area contributed by atoms with E-state index in [1.54, 1.807) is 12.2 Å². The van der Waals surface area contributed by atoms with Gasteiger partial charge in [0.1, 0.15) is 5.82 Å². The highest BCUT2D eigenvalue weighted by Gasteiger charge is 2.08. The van der Waals surface area contributed by atoms with E-state index in [1.165, 1.54) is 12.1 Å². The Labute approximate surface area is 80.7 Å². The van der Waals surface area contributed by atoms with Gasteiger partial charge in [-0.15, -0.1) is 0 Å². The van der Waals surface area contributed by atoms with Gasteiger partial charge in [-0.2, -0.15) is 0 Å². The summed E-state index contributed by atoms with van der Waals surface area (Å²) in [4.78, 5) is 10.5. The molecule has 0 aliphatic carbocycles. The number of hydrogen-bond donors (Lipinski definition) is 2. The third-order valence-corrected chi connectivity index (χ3v) is 1.67. The summed E-state index contributed by atoms with van der Waals surface area (Å²) < 4.78 is 13.1. The predicted molar refractivity (Wildman–Crippen MR) is 51.4 cm³/mol. The van der Waals surface area contributed by atoms with Gasteiger partial charge in [-0.1, -0.05) is 18.2 Å². The van der Waals surface area contributed by atoms with E-state index in [1.807, 2.05) is 0 Å². The van der Waals surface area contributed by atoms with Gasteiger partial charge in [0, 0.05) is 6.54 Å². The molecule has 0 aliphatic heterocycles. The Morgan fingerprint density at radius 3 is 2.79 bits per heavy atom. The van der Waals surface area contributed by atoms with Crippen LogP contribution in [0.4, 0.5) is 4.39 Å². The van der Waals surface area contributed by atoms with Crippen LogP contribution in [0.2, 0.25) is 0 Å². The highest BCUT2D eigenvalue weighted by atomic mass is 19.1. The smallest absolute Gasteiger partial charge is 0.338 e. The van der Waals surface area contributed by atoms with Gasteiger partial charge in [-0.05, 0) is 17.7 Å². The zero-order valence-electron chi connectivity index (χ0n) is 7.40. The Hall–Kier alpha value is -1.68. The molecule has 4 heteroatoms. The fourth-order valence-corrected chi connectivity index (χ4v) is 1.01. The lowest BCUT2D eigenvalue weighted by Crippen LogP contribution is -2.00. The molecule has 0 saturated carbocycles. The maximum absolute atomic E-state index is 13.1. The minimum absolute atomic E-state index is 0.324. The largest absolute Gasteiger partial charge is 0.478 e. The van der Waals surface area contributed by atoms with Crippen molar-refractivity contribution < 1.29 is 14.3 Å². The van der Waals surface area contributed by atoms with Crippen LogP contribution in [-0.2, 0) is 0 Å². The van der Waals surface area contributed by atoms with Crippen molar-refractivity contribution in [2.45, 2.75) is 0 Å². The molecule has 0 unspecified atom stereocenters. The molecule has 0 amide bonds. The molecule has 74 valence electrons. The number of benzene rings is 1. The first-order valence-electron chi connectivity index (χ1n) is 4.04. The van der Waals surface area contributed by atoms with Crippen LogP contribution in [0.3, 0.4) is 0 Å². The van der Waals surface area contributed by atoms with Crippen LogP contribution in [-0.4, -0.2) is 17.6 Å². The van der Waals surface area contributed by atoms with E-state index in [0.29, 0.717) is 12.1 Å². The number of carboxylic acid groups (broad SMARTS) is 1. The van der Waals surface area contributed by atoms with E-state index in [4.69, 9.17) is 10.8 Å². The summed E-state index contributed by atoms with van der Waals surface area (Å²) in [5, 5.41) is 8.55. The summed E-state index contributed by atoms with van der Waals surface area (Å²) >= 11 is 0. The summed E-state index contributed by atoms with van der Waals surface area (Å²) in [6, 6.07) is 3.92. The van der Waals surface area contributed by atoms with Gasteiger partial charge < -0.3 is 10.8 Å². The van der Waals surface area contributed by atoms with Gasteiger partial charge in [0.2, 0.25) is 0 Å². The molecule has 0 aliphatic rings. The molecule has 0 bridgehead atoms. The lowest BCUT2D eigenvalue weighted by Gasteiger charge is -1.98. The minimum atomic E-state index is -1.27. The second kappa shape index (κ2) is 4.53. The van der Waals surface area contributed by atoms with Gasteiger partial charge >= 0.3 is 5.97 Å². The highest BCUT2D eigenvalue weighted by Crippen LogP contribution is 2.11. The van der Waals surface area contributed by atoms with Crippen LogP contribution in [0, 0.1) is 5.82 Å². The maximum Gasteiger partial charge on any atom is 0.338 e. The molecule has 3 N–H and O–H groups in total. The summed E-state index contributed by atoms with van der Waals surface area (Å²) in [5.74, 6) is -2.01. The number of hydrogen-bond acceptors (Lipinski definition) is 2. The van der Waals surface area contributed by atoms with Crippen molar-refractivity contribution in [2.75, 3.05) is 6.54 Å². The summed E-state index contributed by atoms with van der Waals surface area (Å²) in [6.45, 7) is 0.363. The minimum Gasteiger partial charge on any atom is -0.478 e. The molecule has 0 aromatic heterocycles. The predicted octanol–water partition coefficient (Wildman–Crippen LogP) is 1.50. The average molecular weight is 195 g/mol. The van der Waals surface area contributed by atoms with E-state index in [9.17, 15) is 9.18 Å². The van der Waals surface area contributed by atoms with Crippen LogP contribution in [0.15, 0.2) is 24.3 Å². The number of rotatable bonds is 3. The Morgan fingerprint density at radius 1 is 1.57 bits per heavy atom. The molecular weight excluding hydrogens is 185 g/mol. The molecule has 0 spiro atoms. The van der Waals surface area contributed by atoms with Gasteiger partial charge in [0.25, 0.3) is 0 Å². The molecule has 1 aromatic rings. The van der Waals surface area contributed by atoms with Crippen molar-refractivity contribution in [3.8, 4) is 0 Å². The maximum atomic E-state index is 13.1. The summed E-state index contributed by atoms with van der Waals surface area (Å²) in [5.41, 5.74) is 5.49. The Kier molecular flexibility index (Phi) is 3.36. The molecule has 3 nitrogen and oxygen atoms in total. The molecular formula is C10H10FNO2. The fourth-order valence-electron chi connectivity index (χ4n) is 1.01. The number of aromatic carboxylic acids is 1. The second-order valence-corrected chi connectivity index (χ2v) is 2.68. The van der Waals surface area contributed by atoms with Gasteiger partial charge in [-0.3, -0.25) is 0 Å². The van der Waals surface area contributed by atoms with Gasteiger partial charge in [0.15, 0.2) is 0 Å². The Morgan fingerprint density at radius 2 is 2.29 bits per heavy atom. The van der Waals surface area contributed by atoms with Crippen molar-refractivity contribution >= 4 is 12.0 Å². The van der Waals surface area contributed by atoms with Crippen molar-refractivity contribution in [1.29, 1.82) is 0 Å². The first-order valence-corrected chi connectivity index (χ1v) is 4.04. The Bertz CT molecular complexity index is 374. The molecule has 0 atom stereocenters. The molecule has 0 heterocycles. The van der Waals surface area contributed by atoms with Gasteiger partial charge in [0.05, 0.1) is 5.56 Å². The van der Waals surface area contributed by atoms with E-state index >= 15 is 0 Å². The number of halogens is 1. The SMILES string of the molecule is NCC=Cc1ccc(C(=O)O)c(F)c1. The zero-order valence-corrected chi connectivity index (χ0v) is 7.40. The molecule has 14 heavy (non-hydrogen) atoms. The molecule has 1 rings (SSSR count). The van der Waals surface area contributed by atoms with Crippen molar-refractivity contribution in [3.05, 3.63) is 41.2 Å². The molecule has 0 fully saturated rings. The first kappa shape index (κ1) is 10.4. The van der Waals surface area contributed by atoms with Gasteiger partial charge in [-0.25, -0.2) is 9.18 Å². The lowest BCUT2D eigenvalue weighted by atomic mass is 10.1. The van der Waals surface area contributed by atoms with Crippen LogP contribution in [0.25, 0.3) is 6.08 Å². The topological polar surface area (TPSA) is 63.3 Å². The van der Waals surface area contributed by atoms with Crippen molar-refractivity contribution in [2.24, 2.45) is 5.73 Å². The zero-order chi connectivity index (χ0) is 10.6. The quantitative estimate of drug-likeness (QED) is 0.768. The molecule has 0 radical (unpaired) electrons. The van der Waals surface area contributed by atoms with Crippen LogP contribution in [0.5, 0.6) is 0 Å². The third kappa shape index (κ3) is 2.40. The van der Waals surface area contributed by atoms with Crippen molar-refractivity contribution in [3.63, 3.8) is 0 Å². The van der Waals surface area contributed by atoms with Crippen molar-refractivity contribution in [1.82, 2.24) is 0 Å². The van der Waals surface area contributed by atoms with Crippen LogP contribution >= 0.6 is 0 Å². The van der Waals surface area contributed by atoms with Crippen LogP contribution in [0.1, 0.15) is 15.9 Å². The standard InChI is InChI=1S/C10H10FNO2/c11-9-6-7(2-1-5-12)3-4-8(9)10(13)14/h1-4,6H,5,12H2,(H,13,14). The number of nitrogens with two attached hydrogens (primary N) is 1. The normalized spacial score (nSPS) is 10.7. The second-order valence-electron chi connectivity index (χ2n) is 2.68. The molecule has 0 saturated heterocycles. The van der Waals surface area contributed by atoms with E-state index < -0.39 is 11.8 Å². The third-order valence-electron chi connectivity index (χ3n) is 1.67. The summed E-state index contributed by atoms with van der Waals surface area (Å²) in [7, 11) is 0. The van der Waals surface area contributed by atoms with E-state index in [2.05, 4.69) is 0 Å². The monoisotopic (exact) mass is 195 g/mol. The Balaban J connectivity index is 3.00. The lowest BCUT2D eigenvalue weighted by molar-refractivity contribution is 0.0692. The summed E-state index contributed by atoms with van der Waals surface area (Å²) in [6.07, 6.45) is 3.30. The molecule has 1 aromatic carbocycles. The first-order chi connectivity index (χ1) is 6.65. The highest BCUT2D eigenvalue weighted by molar-refractivity contribution is 5.88. The average Bonchev–Trinajstić information content (AvgIpc) is 2.14. The number of carboxylic acids is 1. The van der Waals surface area contributed by atoms with Crippen LogP contribution < -0.4 is 5.73 Å². The van der Waals surface area contributed by atoms with E-state index in [0.717, 1.165) is 6.07 Å². The fraction of sp³-hybridized carbons (Fsp3) is 0.100. The van der Waals surface area contributed by atoms with E-state index in [-0.39, 0.29) is 5.56 Å².